The molecular weight excluding hydrogens is 390 g/mol. The molecule has 1 aliphatic heterocycles. The SMILES string of the molecule is O=C(O)CCC(C(=O)O)N1C(=O)C(=Cc2ccc3nccnc3c2)SC1=S. The molecule has 1 aromatic heterocycles. The number of aromatic nitrogens is 2. The van der Waals surface area contributed by atoms with E-state index in [1.807, 2.05) is 0 Å². The van der Waals surface area contributed by atoms with Crippen molar-refractivity contribution in [3.63, 3.8) is 0 Å². The Morgan fingerprint density at radius 1 is 1.22 bits per heavy atom. The Bertz CT molecular complexity index is 991. The van der Waals surface area contributed by atoms with Crippen molar-refractivity contribution in [1.29, 1.82) is 0 Å². The average molecular weight is 403 g/mol. The Morgan fingerprint density at radius 3 is 2.59 bits per heavy atom. The van der Waals surface area contributed by atoms with Gasteiger partial charge in [0.25, 0.3) is 5.91 Å². The number of carbonyl (C=O) groups excluding carboxylic acids is 1. The molecule has 1 aliphatic rings. The van der Waals surface area contributed by atoms with Gasteiger partial charge in [-0.25, -0.2) is 4.79 Å². The van der Waals surface area contributed by atoms with Crippen LogP contribution in [0.2, 0.25) is 0 Å². The van der Waals surface area contributed by atoms with Crippen LogP contribution in [0.1, 0.15) is 18.4 Å². The van der Waals surface area contributed by atoms with Crippen LogP contribution in [0.4, 0.5) is 0 Å². The lowest BCUT2D eigenvalue weighted by Gasteiger charge is -2.22. The molecule has 1 fully saturated rings. The van der Waals surface area contributed by atoms with Gasteiger partial charge in [-0.15, -0.1) is 0 Å². The monoisotopic (exact) mass is 403 g/mol. The van der Waals surface area contributed by atoms with E-state index in [4.69, 9.17) is 17.3 Å². The van der Waals surface area contributed by atoms with E-state index in [0.29, 0.717) is 16.6 Å². The Balaban J connectivity index is 1.88. The van der Waals surface area contributed by atoms with Crippen LogP contribution in [0.3, 0.4) is 0 Å². The van der Waals surface area contributed by atoms with E-state index in [-0.39, 0.29) is 22.1 Å². The maximum atomic E-state index is 12.7. The summed E-state index contributed by atoms with van der Waals surface area (Å²) >= 11 is 6.14. The minimum Gasteiger partial charge on any atom is -0.481 e. The van der Waals surface area contributed by atoms with Crippen LogP contribution < -0.4 is 0 Å². The fourth-order valence-electron chi connectivity index (χ4n) is 2.59. The number of carboxylic acids is 2. The van der Waals surface area contributed by atoms with Gasteiger partial charge in [0, 0.05) is 18.8 Å². The van der Waals surface area contributed by atoms with E-state index in [0.717, 1.165) is 16.7 Å². The zero-order valence-corrected chi connectivity index (χ0v) is 15.4. The van der Waals surface area contributed by atoms with Gasteiger partial charge in [-0.3, -0.25) is 24.5 Å². The molecule has 27 heavy (non-hydrogen) atoms. The van der Waals surface area contributed by atoms with Crippen molar-refractivity contribution in [2.45, 2.75) is 18.9 Å². The number of carbonyl (C=O) groups is 3. The van der Waals surface area contributed by atoms with Crippen molar-refractivity contribution in [3.8, 4) is 0 Å². The largest absolute Gasteiger partial charge is 0.481 e. The van der Waals surface area contributed by atoms with E-state index in [9.17, 15) is 19.5 Å². The number of fused-ring (bicyclic) bond motifs is 1. The minimum atomic E-state index is -1.32. The van der Waals surface area contributed by atoms with Gasteiger partial charge in [0.1, 0.15) is 10.4 Å². The lowest BCUT2D eigenvalue weighted by molar-refractivity contribution is -0.146. The third-order valence-electron chi connectivity index (χ3n) is 3.84. The van der Waals surface area contributed by atoms with Crippen LogP contribution in [-0.2, 0) is 14.4 Å². The summed E-state index contributed by atoms with van der Waals surface area (Å²) in [7, 11) is 0. The van der Waals surface area contributed by atoms with Gasteiger partial charge in [0.05, 0.1) is 15.9 Å². The van der Waals surface area contributed by atoms with E-state index in [1.54, 1.807) is 36.7 Å². The molecule has 0 saturated carbocycles. The summed E-state index contributed by atoms with van der Waals surface area (Å²) in [5, 5.41) is 18.2. The number of amides is 1. The molecule has 2 aromatic rings. The van der Waals surface area contributed by atoms with Gasteiger partial charge in [0.15, 0.2) is 0 Å². The quantitative estimate of drug-likeness (QED) is 0.552. The fraction of sp³-hybridized carbons (Fsp3) is 0.176. The second-order valence-electron chi connectivity index (χ2n) is 5.64. The van der Waals surface area contributed by atoms with E-state index in [1.165, 1.54) is 0 Å². The third-order valence-corrected chi connectivity index (χ3v) is 5.17. The minimum absolute atomic E-state index is 0.0876. The highest BCUT2D eigenvalue weighted by atomic mass is 32.2. The molecule has 2 heterocycles. The van der Waals surface area contributed by atoms with Crippen molar-refractivity contribution < 1.29 is 24.6 Å². The first-order chi connectivity index (χ1) is 12.9. The van der Waals surface area contributed by atoms with Gasteiger partial charge in [-0.05, 0) is 30.2 Å². The summed E-state index contributed by atoms with van der Waals surface area (Å²) in [6.45, 7) is 0. The molecule has 1 unspecified atom stereocenters. The third kappa shape index (κ3) is 4.12. The first kappa shape index (κ1) is 18.9. The van der Waals surface area contributed by atoms with Crippen LogP contribution in [0, 0.1) is 0 Å². The summed E-state index contributed by atoms with van der Waals surface area (Å²) in [5.41, 5.74) is 2.06. The lowest BCUT2D eigenvalue weighted by atomic mass is 10.1. The predicted octanol–water partition coefficient (Wildman–Crippen LogP) is 2.15. The van der Waals surface area contributed by atoms with E-state index >= 15 is 0 Å². The van der Waals surface area contributed by atoms with Crippen molar-refractivity contribution in [3.05, 3.63) is 41.1 Å². The Hall–Kier alpha value is -2.85. The van der Waals surface area contributed by atoms with Gasteiger partial charge >= 0.3 is 11.9 Å². The number of hydrogen-bond acceptors (Lipinski definition) is 7. The van der Waals surface area contributed by atoms with Crippen LogP contribution in [0.15, 0.2) is 35.5 Å². The van der Waals surface area contributed by atoms with Gasteiger partial charge < -0.3 is 10.2 Å². The van der Waals surface area contributed by atoms with Gasteiger partial charge in [-0.2, -0.15) is 0 Å². The molecule has 3 rings (SSSR count). The number of benzene rings is 1. The van der Waals surface area contributed by atoms with Crippen LogP contribution >= 0.6 is 24.0 Å². The van der Waals surface area contributed by atoms with Crippen LogP contribution in [0.25, 0.3) is 17.1 Å². The molecular formula is C17H13N3O5S2. The molecule has 2 N–H and O–H groups in total. The predicted molar refractivity (Wildman–Crippen MR) is 103 cm³/mol. The van der Waals surface area contributed by atoms with Crippen LogP contribution in [0.5, 0.6) is 0 Å². The van der Waals surface area contributed by atoms with Gasteiger partial charge in [-0.1, -0.05) is 30.0 Å². The number of carboxylic acid groups (broad SMARTS) is 2. The van der Waals surface area contributed by atoms with Crippen molar-refractivity contribution >= 4 is 63.3 Å². The molecule has 1 aromatic carbocycles. The van der Waals surface area contributed by atoms with Crippen molar-refractivity contribution in [1.82, 2.24) is 14.9 Å². The molecule has 1 saturated heterocycles. The molecule has 10 heteroatoms. The maximum Gasteiger partial charge on any atom is 0.326 e. The highest BCUT2D eigenvalue weighted by Crippen LogP contribution is 2.35. The normalized spacial score (nSPS) is 16.9. The molecule has 8 nitrogen and oxygen atoms in total. The van der Waals surface area contributed by atoms with Crippen LogP contribution in [-0.4, -0.2) is 53.3 Å². The first-order valence-electron chi connectivity index (χ1n) is 7.79. The molecule has 1 amide bonds. The van der Waals surface area contributed by atoms with E-state index < -0.39 is 23.9 Å². The number of aliphatic carboxylic acids is 2. The summed E-state index contributed by atoms with van der Waals surface area (Å²) in [4.78, 5) is 44.6. The molecule has 0 aliphatic carbocycles. The highest BCUT2D eigenvalue weighted by molar-refractivity contribution is 8.26. The Kier molecular flexibility index (Phi) is 5.47. The Labute approximate surface area is 162 Å². The first-order valence-corrected chi connectivity index (χ1v) is 9.01. The zero-order valence-electron chi connectivity index (χ0n) is 13.7. The highest BCUT2D eigenvalue weighted by Gasteiger charge is 2.40. The number of thioether (sulfide) groups is 1. The van der Waals surface area contributed by atoms with Crippen molar-refractivity contribution in [2.24, 2.45) is 0 Å². The molecule has 0 bridgehead atoms. The second-order valence-corrected chi connectivity index (χ2v) is 7.32. The van der Waals surface area contributed by atoms with Crippen molar-refractivity contribution in [2.75, 3.05) is 0 Å². The fourth-order valence-corrected chi connectivity index (χ4v) is 3.95. The van der Waals surface area contributed by atoms with Gasteiger partial charge in [0.2, 0.25) is 0 Å². The number of thiocarbonyl (C=S) groups is 1. The molecule has 138 valence electrons. The standard InChI is InChI=1S/C17H13N3O5S2/c21-14(22)4-3-12(16(24)25)20-15(23)13(27-17(20)26)8-9-1-2-10-11(7-9)19-6-5-18-10/h1-2,5-8,12H,3-4H2,(H,21,22)(H,24,25). The zero-order chi connectivity index (χ0) is 19.6. The Morgan fingerprint density at radius 2 is 1.93 bits per heavy atom. The number of hydrogen-bond donors (Lipinski definition) is 2. The summed E-state index contributed by atoms with van der Waals surface area (Å²) in [6.07, 6.45) is 4.14. The maximum absolute atomic E-state index is 12.7. The molecule has 1 atom stereocenters. The number of nitrogens with zero attached hydrogens (tertiary/aromatic N) is 3. The molecule has 0 radical (unpaired) electrons. The summed E-state index contributed by atoms with van der Waals surface area (Å²) in [5.74, 6) is -2.99. The summed E-state index contributed by atoms with van der Waals surface area (Å²) in [6, 6.07) is 3.97. The smallest absolute Gasteiger partial charge is 0.326 e. The van der Waals surface area contributed by atoms with E-state index in [2.05, 4.69) is 9.97 Å². The lowest BCUT2D eigenvalue weighted by Crippen LogP contribution is -2.44. The topological polar surface area (TPSA) is 121 Å². The summed E-state index contributed by atoms with van der Waals surface area (Å²) < 4.78 is 0.0876. The molecule has 0 spiro atoms. The average Bonchev–Trinajstić information content (AvgIpc) is 2.89. The second kappa shape index (κ2) is 7.80. The number of rotatable bonds is 6.